The molecule has 1 aromatic carbocycles. The van der Waals surface area contributed by atoms with E-state index in [1.54, 1.807) is 14.2 Å². The highest BCUT2D eigenvalue weighted by atomic mass is 16.5. The summed E-state index contributed by atoms with van der Waals surface area (Å²) >= 11 is 0. The number of hydrogen-bond donors (Lipinski definition) is 1. The Bertz CT molecular complexity index is 370. The van der Waals surface area contributed by atoms with Crippen LogP contribution in [0.4, 0.5) is 0 Å². The van der Waals surface area contributed by atoms with Gasteiger partial charge in [-0.25, -0.2) is 0 Å². The second-order valence-corrected chi connectivity index (χ2v) is 4.53. The second kappa shape index (κ2) is 4.74. The minimum atomic E-state index is -0.386. The van der Waals surface area contributed by atoms with Crippen LogP contribution in [0.2, 0.25) is 0 Å². The molecule has 3 nitrogen and oxygen atoms in total. The summed E-state index contributed by atoms with van der Waals surface area (Å²) in [6.45, 7) is 5.96. The summed E-state index contributed by atoms with van der Waals surface area (Å²) in [5.74, 6) is 1.54. The van der Waals surface area contributed by atoms with E-state index < -0.39 is 0 Å². The number of benzene rings is 1. The van der Waals surface area contributed by atoms with Crippen LogP contribution in [0.15, 0.2) is 12.1 Å². The van der Waals surface area contributed by atoms with E-state index in [2.05, 4.69) is 0 Å². The molecule has 0 heterocycles. The third-order valence-corrected chi connectivity index (χ3v) is 2.81. The number of rotatable bonds is 4. The predicted octanol–water partition coefficient (Wildman–Crippen LogP) is 2.28. The van der Waals surface area contributed by atoms with Crippen LogP contribution in [0.5, 0.6) is 11.5 Å². The summed E-state index contributed by atoms with van der Waals surface area (Å²) in [4.78, 5) is 0. The van der Waals surface area contributed by atoms with Crippen LogP contribution in [-0.4, -0.2) is 25.9 Å². The SMILES string of the molecule is COc1ccc(C)c(OC)c1C(C)(C)CO. The Hall–Kier alpha value is -1.22. The number of aliphatic hydroxyl groups excluding tert-OH is 1. The molecule has 16 heavy (non-hydrogen) atoms. The van der Waals surface area contributed by atoms with Gasteiger partial charge < -0.3 is 14.6 Å². The lowest BCUT2D eigenvalue weighted by atomic mass is 9.83. The van der Waals surface area contributed by atoms with Crippen LogP contribution in [0, 0.1) is 6.92 Å². The zero-order valence-electron chi connectivity index (χ0n) is 10.6. The highest BCUT2D eigenvalue weighted by molar-refractivity contribution is 5.53. The van der Waals surface area contributed by atoms with Crippen molar-refractivity contribution in [1.29, 1.82) is 0 Å². The third kappa shape index (κ3) is 2.14. The van der Waals surface area contributed by atoms with Gasteiger partial charge in [-0.05, 0) is 18.6 Å². The minimum absolute atomic E-state index is 0.0448. The highest BCUT2D eigenvalue weighted by Crippen LogP contribution is 2.40. The Labute approximate surface area is 97.0 Å². The fourth-order valence-corrected chi connectivity index (χ4v) is 1.82. The van der Waals surface area contributed by atoms with Crippen molar-refractivity contribution in [3.63, 3.8) is 0 Å². The number of methoxy groups -OCH3 is 2. The van der Waals surface area contributed by atoms with Crippen molar-refractivity contribution in [2.45, 2.75) is 26.2 Å². The molecule has 90 valence electrons. The molecule has 0 aliphatic rings. The fraction of sp³-hybridized carbons (Fsp3) is 0.538. The maximum absolute atomic E-state index is 9.47. The molecule has 1 rings (SSSR count). The van der Waals surface area contributed by atoms with Crippen molar-refractivity contribution < 1.29 is 14.6 Å². The summed E-state index contributed by atoms with van der Waals surface area (Å²) in [6.07, 6.45) is 0. The fourth-order valence-electron chi connectivity index (χ4n) is 1.82. The molecule has 0 fully saturated rings. The van der Waals surface area contributed by atoms with Crippen molar-refractivity contribution in [1.82, 2.24) is 0 Å². The standard InChI is InChI=1S/C13H20O3/c1-9-6-7-10(15-4)11(12(9)16-5)13(2,3)8-14/h6-7,14H,8H2,1-5H3. The van der Waals surface area contributed by atoms with Gasteiger partial charge in [0.05, 0.1) is 20.8 Å². The van der Waals surface area contributed by atoms with Gasteiger partial charge in [0.25, 0.3) is 0 Å². The predicted molar refractivity (Wildman–Crippen MR) is 64.4 cm³/mol. The molecule has 3 heteroatoms. The molecule has 0 aromatic heterocycles. The average molecular weight is 224 g/mol. The largest absolute Gasteiger partial charge is 0.496 e. The Morgan fingerprint density at radius 3 is 2.25 bits per heavy atom. The van der Waals surface area contributed by atoms with Crippen LogP contribution < -0.4 is 9.47 Å². The molecular formula is C13H20O3. The first-order valence-corrected chi connectivity index (χ1v) is 5.31. The first kappa shape index (κ1) is 12.8. The van der Waals surface area contributed by atoms with E-state index in [4.69, 9.17) is 9.47 Å². The van der Waals surface area contributed by atoms with Crippen molar-refractivity contribution in [3.05, 3.63) is 23.3 Å². The number of aryl methyl sites for hydroxylation is 1. The third-order valence-electron chi connectivity index (χ3n) is 2.81. The lowest BCUT2D eigenvalue weighted by molar-refractivity contribution is 0.210. The van der Waals surface area contributed by atoms with Gasteiger partial charge in [-0.1, -0.05) is 19.9 Å². The zero-order valence-corrected chi connectivity index (χ0v) is 10.6. The van der Waals surface area contributed by atoms with E-state index in [1.807, 2.05) is 32.9 Å². The van der Waals surface area contributed by atoms with Crippen molar-refractivity contribution in [2.24, 2.45) is 0 Å². The summed E-state index contributed by atoms with van der Waals surface area (Å²) in [5.41, 5.74) is 1.57. The zero-order chi connectivity index (χ0) is 12.3. The summed E-state index contributed by atoms with van der Waals surface area (Å²) < 4.78 is 10.8. The molecule has 0 aliphatic carbocycles. The molecule has 0 saturated carbocycles. The number of hydrogen-bond acceptors (Lipinski definition) is 3. The maximum atomic E-state index is 9.47. The van der Waals surface area contributed by atoms with Crippen LogP contribution in [0.1, 0.15) is 25.0 Å². The minimum Gasteiger partial charge on any atom is -0.496 e. The molecule has 0 atom stereocenters. The lowest BCUT2D eigenvalue weighted by Gasteiger charge is -2.27. The van der Waals surface area contributed by atoms with Crippen LogP contribution >= 0.6 is 0 Å². The molecule has 0 saturated heterocycles. The molecular weight excluding hydrogens is 204 g/mol. The van der Waals surface area contributed by atoms with Gasteiger partial charge in [-0.3, -0.25) is 0 Å². The van der Waals surface area contributed by atoms with Crippen molar-refractivity contribution >= 4 is 0 Å². The van der Waals surface area contributed by atoms with Gasteiger partial charge in [0.15, 0.2) is 0 Å². The molecule has 1 N–H and O–H groups in total. The topological polar surface area (TPSA) is 38.7 Å². The van der Waals surface area contributed by atoms with Gasteiger partial charge in [0.2, 0.25) is 0 Å². The molecule has 0 amide bonds. The Balaban J connectivity index is 3.48. The van der Waals surface area contributed by atoms with Crippen molar-refractivity contribution in [3.8, 4) is 11.5 Å². The first-order valence-electron chi connectivity index (χ1n) is 5.31. The van der Waals surface area contributed by atoms with E-state index >= 15 is 0 Å². The first-order chi connectivity index (χ1) is 7.47. The normalized spacial score (nSPS) is 11.4. The number of aliphatic hydroxyl groups is 1. The Morgan fingerprint density at radius 1 is 1.19 bits per heavy atom. The van der Waals surface area contributed by atoms with E-state index in [1.165, 1.54) is 0 Å². The molecule has 1 aromatic rings. The van der Waals surface area contributed by atoms with Gasteiger partial charge in [-0.2, -0.15) is 0 Å². The average Bonchev–Trinajstić information content (AvgIpc) is 2.28. The second-order valence-electron chi connectivity index (χ2n) is 4.53. The molecule has 0 radical (unpaired) electrons. The van der Waals surface area contributed by atoms with Crippen molar-refractivity contribution in [2.75, 3.05) is 20.8 Å². The van der Waals surface area contributed by atoms with E-state index in [-0.39, 0.29) is 12.0 Å². The van der Waals surface area contributed by atoms with Crippen LogP contribution in [-0.2, 0) is 5.41 Å². The summed E-state index contributed by atoms with van der Waals surface area (Å²) in [7, 11) is 3.26. The Morgan fingerprint density at radius 2 is 1.81 bits per heavy atom. The van der Waals surface area contributed by atoms with Crippen LogP contribution in [0.25, 0.3) is 0 Å². The Kier molecular flexibility index (Phi) is 3.81. The van der Waals surface area contributed by atoms with E-state index in [9.17, 15) is 5.11 Å². The van der Waals surface area contributed by atoms with Crippen LogP contribution in [0.3, 0.4) is 0 Å². The highest BCUT2D eigenvalue weighted by Gasteiger charge is 2.28. The van der Waals surface area contributed by atoms with Gasteiger partial charge in [0, 0.05) is 11.0 Å². The smallest absolute Gasteiger partial charge is 0.129 e. The summed E-state index contributed by atoms with van der Waals surface area (Å²) in [5, 5.41) is 9.47. The molecule has 0 bridgehead atoms. The monoisotopic (exact) mass is 224 g/mol. The lowest BCUT2D eigenvalue weighted by Crippen LogP contribution is -2.24. The quantitative estimate of drug-likeness (QED) is 0.852. The maximum Gasteiger partial charge on any atom is 0.129 e. The summed E-state index contributed by atoms with van der Waals surface area (Å²) in [6, 6.07) is 3.86. The van der Waals surface area contributed by atoms with Gasteiger partial charge in [-0.15, -0.1) is 0 Å². The molecule has 0 spiro atoms. The van der Waals surface area contributed by atoms with Gasteiger partial charge in [0.1, 0.15) is 11.5 Å². The van der Waals surface area contributed by atoms with E-state index in [0.29, 0.717) is 0 Å². The molecule has 0 unspecified atom stereocenters. The van der Waals surface area contributed by atoms with E-state index in [0.717, 1.165) is 22.6 Å². The number of ether oxygens (including phenoxy) is 2. The molecule has 0 aliphatic heterocycles. The van der Waals surface area contributed by atoms with Gasteiger partial charge >= 0.3 is 0 Å².